The van der Waals surface area contributed by atoms with Crippen LogP contribution in [-0.4, -0.2) is 36.9 Å². The molecule has 1 rings (SSSR count). The summed E-state index contributed by atoms with van der Waals surface area (Å²) in [6, 6.07) is 5.44. The molecule has 114 valence electrons. The number of aliphatic hydroxyl groups excluding tert-OH is 1. The summed E-state index contributed by atoms with van der Waals surface area (Å²) in [6.07, 6.45) is 0.426. The van der Waals surface area contributed by atoms with Crippen LogP contribution in [0.2, 0.25) is 0 Å². The van der Waals surface area contributed by atoms with Crippen molar-refractivity contribution in [2.75, 3.05) is 19.8 Å². The van der Waals surface area contributed by atoms with Gasteiger partial charge in [0.1, 0.15) is 0 Å². The Kier molecular flexibility index (Phi) is 7.52. The smallest absolute Gasteiger partial charge is 0.251 e. The second kappa shape index (κ2) is 9.17. The monoisotopic (exact) mass is 289 g/mol. The van der Waals surface area contributed by atoms with Gasteiger partial charge in [-0.05, 0) is 38.5 Å². The second-order valence-electron chi connectivity index (χ2n) is 4.78. The van der Waals surface area contributed by atoms with E-state index in [1.54, 1.807) is 12.1 Å². The first-order valence-electron chi connectivity index (χ1n) is 7.18. The molecule has 0 aliphatic carbocycles. The van der Waals surface area contributed by atoms with E-state index in [0.29, 0.717) is 25.1 Å². The van der Waals surface area contributed by atoms with Crippen LogP contribution >= 0.6 is 0 Å². The van der Waals surface area contributed by atoms with Crippen LogP contribution in [-0.2, 0) is 4.74 Å². The van der Waals surface area contributed by atoms with Crippen molar-refractivity contribution in [2.45, 2.75) is 33.3 Å². The van der Waals surface area contributed by atoms with E-state index in [1.807, 2.05) is 26.8 Å². The largest absolute Gasteiger partial charge is 0.395 e. The lowest BCUT2D eigenvalue weighted by atomic mass is 10.0. The highest BCUT2D eigenvalue weighted by Crippen LogP contribution is 2.10. The lowest BCUT2D eigenvalue weighted by Crippen LogP contribution is -2.32. The van der Waals surface area contributed by atoms with Crippen LogP contribution in [0.25, 0.3) is 0 Å². The third-order valence-electron chi connectivity index (χ3n) is 2.96. The van der Waals surface area contributed by atoms with Crippen molar-refractivity contribution in [3.05, 3.63) is 34.9 Å². The summed E-state index contributed by atoms with van der Waals surface area (Å²) in [5, 5.41) is 11.6. The Bertz CT molecular complexity index is 529. The number of amides is 1. The Labute approximate surface area is 126 Å². The van der Waals surface area contributed by atoms with Crippen molar-refractivity contribution in [3.8, 4) is 11.8 Å². The van der Waals surface area contributed by atoms with Crippen molar-refractivity contribution in [1.29, 1.82) is 0 Å². The third kappa shape index (κ3) is 5.99. The number of aliphatic hydroxyl groups is 1. The molecule has 1 unspecified atom stereocenters. The van der Waals surface area contributed by atoms with Crippen LogP contribution in [0, 0.1) is 18.8 Å². The van der Waals surface area contributed by atoms with Gasteiger partial charge in [-0.15, -0.1) is 0 Å². The molecule has 0 radical (unpaired) electrons. The van der Waals surface area contributed by atoms with Gasteiger partial charge in [0.2, 0.25) is 0 Å². The Morgan fingerprint density at radius 1 is 1.48 bits per heavy atom. The van der Waals surface area contributed by atoms with Gasteiger partial charge in [0.05, 0.1) is 12.7 Å². The fraction of sp³-hybridized carbons (Fsp3) is 0.471. The fourth-order valence-corrected chi connectivity index (χ4v) is 1.79. The molecule has 0 aromatic heterocycles. The molecule has 1 aromatic carbocycles. The van der Waals surface area contributed by atoms with E-state index in [9.17, 15) is 4.79 Å². The molecule has 0 bridgehead atoms. The van der Waals surface area contributed by atoms with E-state index < -0.39 is 0 Å². The third-order valence-corrected chi connectivity index (χ3v) is 2.96. The number of benzene rings is 1. The van der Waals surface area contributed by atoms with E-state index in [0.717, 1.165) is 11.1 Å². The maximum Gasteiger partial charge on any atom is 0.251 e. The first-order valence-corrected chi connectivity index (χ1v) is 7.18. The summed E-state index contributed by atoms with van der Waals surface area (Å²) >= 11 is 0. The van der Waals surface area contributed by atoms with E-state index >= 15 is 0 Å². The molecule has 4 nitrogen and oxygen atoms in total. The van der Waals surface area contributed by atoms with Crippen molar-refractivity contribution < 1.29 is 14.6 Å². The van der Waals surface area contributed by atoms with Gasteiger partial charge in [-0.1, -0.05) is 17.9 Å². The molecular formula is C17H23NO3. The van der Waals surface area contributed by atoms with Crippen molar-refractivity contribution >= 4 is 5.91 Å². The number of aryl methyl sites for hydroxylation is 1. The molecule has 21 heavy (non-hydrogen) atoms. The zero-order valence-corrected chi connectivity index (χ0v) is 12.9. The predicted molar refractivity (Wildman–Crippen MR) is 83.2 cm³/mol. The van der Waals surface area contributed by atoms with Gasteiger partial charge in [0, 0.05) is 30.7 Å². The van der Waals surface area contributed by atoms with E-state index in [1.165, 1.54) is 0 Å². The number of hydrogen-bond acceptors (Lipinski definition) is 3. The number of carbonyl (C=O) groups is 1. The van der Waals surface area contributed by atoms with Crippen LogP contribution in [0.4, 0.5) is 0 Å². The number of carbonyl (C=O) groups excluding carboxylic acids is 1. The van der Waals surface area contributed by atoms with Gasteiger partial charge in [-0.2, -0.15) is 0 Å². The maximum absolute atomic E-state index is 12.1. The SMILES string of the molecule is CCOC(C)CNC(=O)c1ccc(C)c(C#CCCO)c1. The molecule has 0 heterocycles. The molecule has 1 aromatic rings. The number of hydrogen-bond donors (Lipinski definition) is 2. The minimum atomic E-state index is -0.133. The minimum absolute atomic E-state index is 0.00628. The molecule has 2 N–H and O–H groups in total. The zero-order chi connectivity index (χ0) is 15.7. The molecule has 4 heteroatoms. The highest BCUT2D eigenvalue weighted by Gasteiger charge is 2.09. The normalized spacial score (nSPS) is 11.4. The van der Waals surface area contributed by atoms with Crippen molar-refractivity contribution in [1.82, 2.24) is 5.32 Å². The maximum atomic E-state index is 12.1. The Morgan fingerprint density at radius 3 is 2.90 bits per heavy atom. The highest BCUT2D eigenvalue weighted by molar-refractivity contribution is 5.94. The van der Waals surface area contributed by atoms with E-state index in [2.05, 4.69) is 17.2 Å². The van der Waals surface area contributed by atoms with Crippen molar-refractivity contribution in [3.63, 3.8) is 0 Å². The zero-order valence-electron chi connectivity index (χ0n) is 12.9. The van der Waals surface area contributed by atoms with Gasteiger partial charge in [-0.3, -0.25) is 4.79 Å². The van der Waals surface area contributed by atoms with Crippen molar-refractivity contribution in [2.24, 2.45) is 0 Å². The summed E-state index contributed by atoms with van der Waals surface area (Å²) in [4.78, 5) is 12.1. The first-order chi connectivity index (χ1) is 10.1. The quantitative estimate of drug-likeness (QED) is 0.786. The van der Waals surface area contributed by atoms with Crippen LogP contribution in [0.15, 0.2) is 18.2 Å². The summed E-state index contributed by atoms with van der Waals surface area (Å²) in [7, 11) is 0. The highest BCUT2D eigenvalue weighted by atomic mass is 16.5. The molecule has 0 saturated heterocycles. The van der Waals surface area contributed by atoms with E-state index in [4.69, 9.17) is 9.84 Å². The summed E-state index contributed by atoms with van der Waals surface area (Å²) in [5.41, 5.74) is 2.41. The summed E-state index contributed by atoms with van der Waals surface area (Å²) in [6.45, 7) is 6.95. The predicted octanol–water partition coefficient (Wildman–Crippen LogP) is 1.88. The van der Waals surface area contributed by atoms with Crippen LogP contribution in [0.3, 0.4) is 0 Å². The minimum Gasteiger partial charge on any atom is -0.395 e. The molecule has 0 aliphatic rings. The van der Waals surface area contributed by atoms with Gasteiger partial charge in [0.25, 0.3) is 5.91 Å². The van der Waals surface area contributed by atoms with Crippen LogP contribution in [0.5, 0.6) is 0 Å². The standard InChI is InChI=1S/C17H23NO3/c1-4-21-14(3)12-18-17(20)16-9-8-13(2)15(11-16)7-5-6-10-19/h8-9,11,14,19H,4,6,10,12H2,1-3H3,(H,18,20). The summed E-state index contributed by atoms with van der Waals surface area (Å²) in [5.74, 6) is 5.72. The van der Waals surface area contributed by atoms with Gasteiger partial charge < -0.3 is 15.2 Å². The Morgan fingerprint density at radius 2 is 2.24 bits per heavy atom. The molecular weight excluding hydrogens is 266 g/mol. The Balaban J connectivity index is 2.73. The van der Waals surface area contributed by atoms with E-state index in [-0.39, 0.29) is 18.6 Å². The fourth-order valence-electron chi connectivity index (χ4n) is 1.79. The lowest BCUT2D eigenvalue weighted by Gasteiger charge is -2.13. The molecule has 0 aliphatic heterocycles. The van der Waals surface area contributed by atoms with Gasteiger partial charge in [-0.25, -0.2) is 0 Å². The number of ether oxygens (including phenoxy) is 1. The first kappa shape index (κ1) is 17.2. The molecule has 0 fully saturated rings. The van der Waals surface area contributed by atoms with Crippen LogP contribution in [0.1, 0.15) is 41.8 Å². The molecule has 0 saturated carbocycles. The second-order valence-corrected chi connectivity index (χ2v) is 4.78. The Hall–Kier alpha value is -1.83. The average Bonchev–Trinajstić information content (AvgIpc) is 2.47. The van der Waals surface area contributed by atoms with Crippen LogP contribution < -0.4 is 5.32 Å². The topological polar surface area (TPSA) is 58.6 Å². The number of rotatable bonds is 6. The van der Waals surface area contributed by atoms with Gasteiger partial charge in [0.15, 0.2) is 0 Å². The average molecular weight is 289 g/mol. The number of nitrogens with one attached hydrogen (secondary N) is 1. The molecule has 1 amide bonds. The van der Waals surface area contributed by atoms with Gasteiger partial charge >= 0.3 is 0 Å². The molecule has 1 atom stereocenters. The lowest BCUT2D eigenvalue weighted by molar-refractivity contribution is 0.0695. The summed E-state index contributed by atoms with van der Waals surface area (Å²) < 4.78 is 5.38. The molecule has 0 spiro atoms.